The molecule has 0 aliphatic carbocycles. The van der Waals surface area contributed by atoms with E-state index in [4.69, 9.17) is 0 Å². The van der Waals surface area contributed by atoms with Gasteiger partial charge in [0.05, 0.1) is 29.6 Å². The summed E-state index contributed by atoms with van der Waals surface area (Å²) in [5.74, 6) is -0.779. The SMILES string of the molecule is COC(=O)c1ccccc1NC(=O)c1cnc(C)s1. The lowest BCUT2D eigenvalue weighted by molar-refractivity contribution is 0.0602. The lowest BCUT2D eigenvalue weighted by atomic mass is 10.2. The van der Waals surface area contributed by atoms with E-state index < -0.39 is 5.97 Å². The molecule has 1 amide bonds. The Hall–Kier alpha value is -2.21. The van der Waals surface area contributed by atoms with E-state index in [0.717, 1.165) is 5.01 Å². The Bertz CT molecular complexity index is 622. The van der Waals surface area contributed by atoms with Crippen LogP contribution in [0.4, 0.5) is 5.69 Å². The largest absolute Gasteiger partial charge is 0.465 e. The molecule has 0 saturated carbocycles. The summed E-state index contributed by atoms with van der Waals surface area (Å²) in [6.07, 6.45) is 1.51. The van der Waals surface area contributed by atoms with Crippen LogP contribution in [0.1, 0.15) is 25.0 Å². The molecule has 0 aliphatic heterocycles. The molecule has 6 heteroatoms. The van der Waals surface area contributed by atoms with Crippen molar-refractivity contribution in [2.24, 2.45) is 0 Å². The van der Waals surface area contributed by atoms with Crippen molar-refractivity contribution in [3.63, 3.8) is 0 Å². The van der Waals surface area contributed by atoms with Crippen LogP contribution in [0.5, 0.6) is 0 Å². The van der Waals surface area contributed by atoms with Crippen molar-refractivity contribution in [1.82, 2.24) is 4.98 Å². The number of aryl methyl sites for hydroxylation is 1. The van der Waals surface area contributed by atoms with Gasteiger partial charge < -0.3 is 10.1 Å². The van der Waals surface area contributed by atoms with Gasteiger partial charge in [0.25, 0.3) is 5.91 Å². The van der Waals surface area contributed by atoms with Gasteiger partial charge in [0.1, 0.15) is 4.88 Å². The lowest BCUT2D eigenvalue weighted by Gasteiger charge is -2.08. The highest BCUT2D eigenvalue weighted by molar-refractivity contribution is 7.13. The van der Waals surface area contributed by atoms with Crippen LogP contribution in [0.3, 0.4) is 0 Å². The Labute approximate surface area is 114 Å². The molecule has 2 rings (SSSR count). The van der Waals surface area contributed by atoms with Gasteiger partial charge in [-0.05, 0) is 19.1 Å². The fraction of sp³-hybridized carbons (Fsp3) is 0.154. The molecule has 5 nitrogen and oxygen atoms in total. The molecule has 0 atom stereocenters. The molecule has 1 heterocycles. The molecule has 0 saturated heterocycles. The second-order valence-electron chi connectivity index (χ2n) is 3.73. The summed E-state index contributed by atoms with van der Waals surface area (Å²) in [6.45, 7) is 1.82. The molecule has 0 radical (unpaired) electrons. The molecule has 98 valence electrons. The molecular weight excluding hydrogens is 264 g/mol. The number of hydrogen-bond acceptors (Lipinski definition) is 5. The fourth-order valence-corrected chi connectivity index (χ4v) is 2.20. The maximum absolute atomic E-state index is 12.0. The number of nitrogens with one attached hydrogen (secondary N) is 1. The van der Waals surface area contributed by atoms with E-state index in [9.17, 15) is 9.59 Å². The molecule has 19 heavy (non-hydrogen) atoms. The van der Waals surface area contributed by atoms with E-state index in [1.807, 2.05) is 6.92 Å². The van der Waals surface area contributed by atoms with Crippen LogP contribution in [0.25, 0.3) is 0 Å². The number of para-hydroxylation sites is 1. The number of anilines is 1. The van der Waals surface area contributed by atoms with Crippen LogP contribution in [-0.4, -0.2) is 24.0 Å². The number of carbonyl (C=O) groups is 2. The summed E-state index contributed by atoms with van der Waals surface area (Å²) in [4.78, 5) is 28.1. The normalized spacial score (nSPS) is 10.0. The van der Waals surface area contributed by atoms with Crippen LogP contribution in [-0.2, 0) is 4.74 Å². The number of aromatic nitrogens is 1. The number of amides is 1. The van der Waals surface area contributed by atoms with E-state index in [0.29, 0.717) is 16.1 Å². The first kappa shape index (κ1) is 13.2. The summed E-state index contributed by atoms with van der Waals surface area (Å²) >= 11 is 1.30. The molecule has 1 aromatic carbocycles. The summed E-state index contributed by atoms with van der Waals surface area (Å²) in [6, 6.07) is 6.69. The molecule has 0 fully saturated rings. The molecule has 0 spiro atoms. The lowest BCUT2D eigenvalue weighted by Crippen LogP contribution is -2.14. The minimum Gasteiger partial charge on any atom is -0.465 e. The summed E-state index contributed by atoms with van der Waals surface area (Å²) in [7, 11) is 1.30. The van der Waals surface area contributed by atoms with Gasteiger partial charge in [0.2, 0.25) is 0 Å². The number of ether oxygens (including phenoxy) is 1. The van der Waals surface area contributed by atoms with E-state index in [1.54, 1.807) is 24.3 Å². The Morgan fingerprint density at radius 3 is 2.68 bits per heavy atom. The number of hydrogen-bond donors (Lipinski definition) is 1. The zero-order valence-electron chi connectivity index (χ0n) is 10.5. The predicted octanol–water partition coefficient (Wildman–Crippen LogP) is 2.49. The minimum absolute atomic E-state index is 0.290. The van der Waals surface area contributed by atoms with Gasteiger partial charge in [-0.3, -0.25) is 4.79 Å². The number of esters is 1. The maximum atomic E-state index is 12.0. The quantitative estimate of drug-likeness (QED) is 0.874. The van der Waals surface area contributed by atoms with Crippen molar-refractivity contribution in [3.8, 4) is 0 Å². The van der Waals surface area contributed by atoms with Gasteiger partial charge >= 0.3 is 5.97 Å². The number of benzene rings is 1. The first-order chi connectivity index (χ1) is 9.11. The Morgan fingerprint density at radius 1 is 1.32 bits per heavy atom. The third kappa shape index (κ3) is 2.97. The average Bonchev–Trinajstić information content (AvgIpc) is 2.85. The number of methoxy groups -OCH3 is 1. The second-order valence-corrected chi connectivity index (χ2v) is 4.97. The Morgan fingerprint density at radius 2 is 2.05 bits per heavy atom. The third-order valence-corrected chi connectivity index (χ3v) is 3.34. The number of nitrogens with zero attached hydrogens (tertiary/aromatic N) is 1. The summed E-state index contributed by atoms with van der Waals surface area (Å²) < 4.78 is 4.67. The number of carbonyl (C=O) groups excluding carboxylic acids is 2. The first-order valence-corrected chi connectivity index (χ1v) is 6.34. The van der Waals surface area contributed by atoms with Crippen LogP contribution in [0, 0.1) is 6.92 Å². The van der Waals surface area contributed by atoms with Gasteiger partial charge in [-0.25, -0.2) is 9.78 Å². The molecule has 1 N–H and O–H groups in total. The molecule has 0 bridgehead atoms. The molecule has 1 aromatic heterocycles. The van der Waals surface area contributed by atoms with E-state index >= 15 is 0 Å². The fourth-order valence-electron chi connectivity index (χ4n) is 1.53. The smallest absolute Gasteiger partial charge is 0.339 e. The number of thiazole rings is 1. The third-order valence-electron chi connectivity index (χ3n) is 2.43. The monoisotopic (exact) mass is 276 g/mol. The molecule has 0 unspecified atom stereocenters. The van der Waals surface area contributed by atoms with Gasteiger partial charge in [0.15, 0.2) is 0 Å². The van der Waals surface area contributed by atoms with Crippen molar-refractivity contribution >= 4 is 28.9 Å². The topological polar surface area (TPSA) is 68.3 Å². The predicted molar refractivity (Wildman–Crippen MR) is 72.6 cm³/mol. The van der Waals surface area contributed by atoms with Crippen LogP contribution >= 0.6 is 11.3 Å². The highest BCUT2D eigenvalue weighted by atomic mass is 32.1. The van der Waals surface area contributed by atoms with E-state index in [2.05, 4.69) is 15.0 Å². The highest BCUT2D eigenvalue weighted by Gasteiger charge is 2.15. The van der Waals surface area contributed by atoms with E-state index in [-0.39, 0.29) is 5.91 Å². The second kappa shape index (κ2) is 5.62. The van der Waals surface area contributed by atoms with Crippen molar-refractivity contribution in [2.45, 2.75) is 6.92 Å². The summed E-state index contributed by atoms with van der Waals surface area (Å²) in [5, 5.41) is 3.50. The van der Waals surface area contributed by atoms with Gasteiger partial charge in [-0.1, -0.05) is 12.1 Å². The number of rotatable bonds is 3. The van der Waals surface area contributed by atoms with Crippen molar-refractivity contribution in [1.29, 1.82) is 0 Å². The Kier molecular flexibility index (Phi) is 3.91. The first-order valence-electron chi connectivity index (χ1n) is 5.53. The van der Waals surface area contributed by atoms with Gasteiger partial charge in [0, 0.05) is 0 Å². The molecule has 0 aliphatic rings. The van der Waals surface area contributed by atoms with E-state index in [1.165, 1.54) is 24.6 Å². The zero-order chi connectivity index (χ0) is 13.8. The standard InChI is InChI=1S/C13H12N2O3S/c1-8-14-7-11(19-8)12(16)15-10-6-4-3-5-9(10)13(17)18-2/h3-7H,1-2H3,(H,15,16). The van der Waals surface area contributed by atoms with Crippen LogP contribution in [0.15, 0.2) is 30.5 Å². The van der Waals surface area contributed by atoms with Crippen molar-refractivity contribution in [3.05, 3.63) is 45.9 Å². The zero-order valence-corrected chi connectivity index (χ0v) is 11.3. The molecule has 2 aromatic rings. The Balaban J connectivity index is 2.24. The van der Waals surface area contributed by atoms with Gasteiger partial charge in [-0.2, -0.15) is 0 Å². The molecular formula is C13H12N2O3S. The average molecular weight is 276 g/mol. The summed E-state index contributed by atoms with van der Waals surface area (Å²) in [5.41, 5.74) is 0.741. The highest BCUT2D eigenvalue weighted by Crippen LogP contribution is 2.19. The van der Waals surface area contributed by atoms with Crippen LogP contribution < -0.4 is 5.32 Å². The van der Waals surface area contributed by atoms with Crippen molar-refractivity contribution in [2.75, 3.05) is 12.4 Å². The minimum atomic E-state index is -0.489. The van der Waals surface area contributed by atoms with Crippen molar-refractivity contribution < 1.29 is 14.3 Å². The van der Waals surface area contributed by atoms with Gasteiger partial charge in [-0.15, -0.1) is 11.3 Å². The van der Waals surface area contributed by atoms with Crippen LogP contribution in [0.2, 0.25) is 0 Å². The maximum Gasteiger partial charge on any atom is 0.339 e.